The van der Waals surface area contributed by atoms with Crippen molar-refractivity contribution >= 4 is 77.1 Å². The zero-order valence-corrected chi connectivity index (χ0v) is 56.2. The number of nitrogens with one attached hydrogen (secondary N) is 2. The number of aliphatic carboxylic acids is 2. The minimum absolute atomic E-state index is 0.0117. The monoisotopic (exact) mass is 1430 g/mol. The van der Waals surface area contributed by atoms with Crippen molar-refractivity contribution in [3.63, 3.8) is 0 Å². The molecule has 3 aliphatic rings. The van der Waals surface area contributed by atoms with Crippen LogP contribution in [0.15, 0.2) is 178 Å². The van der Waals surface area contributed by atoms with E-state index >= 15 is 0 Å². The number of carbonyl (C=O) groups excluding carboxylic acids is 4. The number of hydrogen-bond acceptors (Lipinski definition) is 22. The van der Waals surface area contributed by atoms with Crippen molar-refractivity contribution in [2.75, 3.05) is 80.2 Å². The fraction of sp³-hybridized carbons (Fsp3) is 0.333. The quantitative estimate of drug-likeness (QED) is 0.0231. The molecule has 3 aliphatic heterocycles. The summed E-state index contributed by atoms with van der Waals surface area (Å²) in [6.07, 6.45) is -1.05. The van der Waals surface area contributed by atoms with E-state index in [4.69, 9.17) is 45.7 Å². The second-order valence-electron chi connectivity index (χ2n) is 20.8. The fourth-order valence-corrected chi connectivity index (χ4v) is 14.6. The molecule has 0 radical (unpaired) electrons. The van der Waals surface area contributed by atoms with Crippen molar-refractivity contribution in [3.8, 4) is 17.2 Å². The Bertz CT molecular complexity index is 3820. The number of sulfonamides is 3. The van der Waals surface area contributed by atoms with E-state index < -0.39 is 83.7 Å². The molecule has 97 heavy (non-hydrogen) atoms. The van der Waals surface area contributed by atoms with Gasteiger partial charge in [-0.25, -0.2) is 51.0 Å². The number of methoxy groups -OCH3 is 3. The maximum absolute atomic E-state index is 13.2. The number of amides is 3. The summed E-state index contributed by atoms with van der Waals surface area (Å²) in [4.78, 5) is 73.3. The summed E-state index contributed by atoms with van der Waals surface area (Å²) in [6, 6.07) is 41.5. The summed E-state index contributed by atoms with van der Waals surface area (Å²) in [5, 5.41) is 37.6. The average Bonchev–Trinajstić information content (AvgIpc) is 1.79. The molecule has 0 saturated carbocycles. The minimum Gasteiger partial charge on any atom is -0.497 e. The standard InChI is InChI=1S/C21H25N3O7S.C21H24N2O7S.C13H18N2O5S.C8H7ClO2.H3NO/c1-30-17-7-9-18(10-8-17)32(28,29)24-14-13-23(12-11-19(24)20(25)22-27)21(26)31-15-16-5-3-2-4-6-16;1-29-17-7-9-18(10-8-17)31(27,28)23-14-13-22(12-11-19(23)20(24)25)21(26)30-15-16-5-3-2-4-6-16;1-20-10-2-4-11(5-3-10)21(18,19)15-9-8-14-7-6-12(15)13(16)17;9-8(10)11-6-7-4-2-1-3-5-7;1-2/h2-10,19,27H,11-15H2,1H3,(H,22,25);2-10,19H,11-15H2,1H3,(H,24,25);2-5,12,14H,6-9H2,1H3,(H,16,17);1-5H,6H2;2H,1H2. The van der Waals surface area contributed by atoms with Crippen molar-refractivity contribution in [2.24, 2.45) is 5.90 Å². The first-order valence-corrected chi connectivity index (χ1v) is 34.3. The number of nitrogens with zero attached hydrogens (tertiary/aromatic N) is 5. The molecule has 6 aromatic carbocycles. The molecule has 0 spiro atoms. The molecule has 6 aromatic rings. The van der Waals surface area contributed by atoms with Crippen LogP contribution < -0.4 is 30.9 Å². The number of hydroxylamine groups is 1. The van der Waals surface area contributed by atoms with Gasteiger partial charge in [0.1, 0.15) is 55.2 Å². The first-order chi connectivity index (χ1) is 46.4. The molecule has 3 fully saturated rings. The molecule has 0 bridgehead atoms. The van der Waals surface area contributed by atoms with Crippen LogP contribution in [0.1, 0.15) is 36.0 Å². The lowest BCUT2D eigenvalue weighted by Gasteiger charge is -2.27. The molecule has 0 aromatic heterocycles. The smallest absolute Gasteiger partial charge is 0.410 e. The number of ether oxygens (including phenoxy) is 6. The molecule has 9 rings (SSSR count). The van der Waals surface area contributed by atoms with E-state index in [9.17, 15) is 64.2 Å². The maximum Gasteiger partial charge on any atom is 0.410 e. The molecule has 3 saturated heterocycles. The van der Waals surface area contributed by atoms with Gasteiger partial charge in [-0.2, -0.15) is 12.9 Å². The number of rotatable bonds is 18. The van der Waals surface area contributed by atoms with E-state index in [2.05, 4.69) is 16.0 Å². The summed E-state index contributed by atoms with van der Waals surface area (Å²) in [7, 11) is -7.61. The van der Waals surface area contributed by atoms with Gasteiger partial charge in [-0.15, -0.1) is 0 Å². The van der Waals surface area contributed by atoms with Crippen LogP contribution in [0, 0.1) is 0 Å². The molecule has 34 heteroatoms. The van der Waals surface area contributed by atoms with Crippen molar-refractivity contribution < 1.29 is 103 Å². The number of carboxylic acid groups (broad SMARTS) is 2. The van der Waals surface area contributed by atoms with E-state index in [-0.39, 0.29) is 99.6 Å². The topological polar surface area (TPSA) is 407 Å². The summed E-state index contributed by atoms with van der Waals surface area (Å²) in [6.45, 7) is 1.32. The Hall–Kier alpha value is -9.00. The fourth-order valence-electron chi connectivity index (χ4n) is 9.71. The summed E-state index contributed by atoms with van der Waals surface area (Å²) in [5.41, 5.74) is 3.32. The van der Waals surface area contributed by atoms with Gasteiger partial charge in [0.05, 0.1) is 36.0 Å². The number of benzene rings is 6. The predicted molar refractivity (Wildman–Crippen MR) is 349 cm³/mol. The van der Waals surface area contributed by atoms with Gasteiger partial charge in [-0.1, -0.05) is 91.0 Å². The summed E-state index contributed by atoms with van der Waals surface area (Å²) < 4.78 is 111. The van der Waals surface area contributed by atoms with Crippen LogP contribution in [0.25, 0.3) is 0 Å². The van der Waals surface area contributed by atoms with Gasteiger partial charge >= 0.3 is 29.6 Å². The molecule has 3 heterocycles. The lowest BCUT2D eigenvalue weighted by Crippen LogP contribution is -2.49. The highest BCUT2D eigenvalue weighted by Crippen LogP contribution is 2.28. The molecular weight excluding hydrogens is 1350 g/mol. The lowest BCUT2D eigenvalue weighted by molar-refractivity contribution is -0.142. The first-order valence-electron chi connectivity index (χ1n) is 29.6. The van der Waals surface area contributed by atoms with Crippen LogP contribution in [0.4, 0.5) is 14.4 Å². The SMILES string of the molecule is COc1ccc(S(=O)(=O)N2CCN(C(=O)OCc3ccccc3)CCC2C(=O)NO)cc1.COc1ccc(S(=O)(=O)N2CCN(C(=O)OCc3ccccc3)CCC2C(=O)O)cc1.COc1ccc(S(=O)(=O)N2CCNCCC2C(=O)O)cc1.NO.O=C(Cl)OCc1ccccc1. The van der Waals surface area contributed by atoms with Gasteiger partial charge in [-0.05, 0) is 115 Å². The maximum atomic E-state index is 13.2. The Morgan fingerprint density at radius 3 is 1.10 bits per heavy atom. The Kier molecular flexibility index (Phi) is 31.9. The molecule has 8 N–H and O–H groups in total. The van der Waals surface area contributed by atoms with Gasteiger partial charge in [-0.3, -0.25) is 19.6 Å². The summed E-state index contributed by atoms with van der Waals surface area (Å²) >= 11 is 4.97. The van der Waals surface area contributed by atoms with Gasteiger partial charge in [0.2, 0.25) is 30.1 Å². The van der Waals surface area contributed by atoms with Gasteiger partial charge in [0, 0.05) is 64.0 Å². The molecule has 30 nitrogen and oxygen atoms in total. The van der Waals surface area contributed by atoms with Crippen LogP contribution >= 0.6 is 11.6 Å². The third-order valence-corrected chi connectivity index (χ3v) is 20.7. The van der Waals surface area contributed by atoms with E-state index in [1.807, 2.05) is 91.0 Å². The highest BCUT2D eigenvalue weighted by atomic mass is 35.5. The summed E-state index contributed by atoms with van der Waals surface area (Å²) in [5.74, 6) is 1.74. The normalized spacial score (nSPS) is 16.9. The largest absolute Gasteiger partial charge is 0.497 e. The zero-order valence-electron chi connectivity index (χ0n) is 53.0. The lowest BCUT2D eigenvalue weighted by atomic mass is 10.2. The Morgan fingerprint density at radius 2 is 0.773 bits per heavy atom. The van der Waals surface area contributed by atoms with E-state index in [1.54, 1.807) is 12.1 Å². The number of halogens is 1. The number of carbonyl (C=O) groups is 6. The molecule has 3 unspecified atom stereocenters. The van der Waals surface area contributed by atoms with Crippen molar-refractivity contribution in [3.05, 3.63) is 180 Å². The van der Waals surface area contributed by atoms with Crippen LogP contribution in [0.2, 0.25) is 0 Å². The number of nitrogens with two attached hydrogens (primary N) is 1. The molecular formula is C63H77ClN8O22S3. The number of hydrogen-bond donors (Lipinski definition) is 7. The Morgan fingerprint density at radius 1 is 0.454 bits per heavy atom. The highest BCUT2D eigenvalue weighted by molar-refractivity contribution is 7.89. The van der Waals surface area contributed by atoms with E-state index in [1.165, 1.54) is 97.3 Å². The second kappa shape index (κ2) is 39.3. The Balaban J connectivity index is 0.000000244. The average molecular weight is 1430 g/mol. The van der Waals surface area contributed by atoms with Gasteiger partial charge in [0.15, 0.2) is 0 Å². The Labute approximate surface area is 566 Å². The van der Waals surface area contributed by atoms with E-state index in [0.29, 0.717) is 30.3 Å². The predicted octanol–water partition coefficient (Wildman–Crippen LogP) is 5.81. The first kappa shape index (κ1) is 78.7. The minimum atomic E-state index is -4.09. The third-order valence-electron chi connectivity index (χ3n) is 14.8. The van der Waals surface area contributed by atoms with Crippen LogP contribution in [0.3, 0.4) is 0 Å². The van der Waals surface area contributed by atoms with Crippen molar-refractivity contribution in [2.45, 2.75) is 71.9 Å². The van der Waals surface area contributed by atoms with E-state index in [0.717, 1.165) is 29.6 Å². The molecule has 3 atom stereocenters. The van der Waals surface area contributed by atoms with Crippen LogP contribution in [-0.2, 0) is 78.5 Å². The van der Waals surface area contributed by atoms with Crippen LogP contribution in [0.5, 0.6) is 17.2 Å². The second-order valence-corrected chi connectivity index (χ2v) is 26.7. The number of carboxylic acids is 2. The zero-order chi connectivity index (χ0) is 71.1. The van der Waals surface area contributed by atoms with Crippen molar-refractivity contribution in [1.82, 2.24) is 33.5 Å². The molecule has 3 amide bonds. The highest BCUT2D eigenvalue weighted by Gasteiger charge is 2.41. The third kappa shape index (κ3) is 23.4. The molecule has 0 aliphatic carbocycles. The van der Waals surface area contributed by atoms with Crippen LogP contribution in [-0.4, -0.2) is 202 Å². The van der Waals surface area contributed by atoms with Crippen molar-refractivity contribution in [1.29, 1.82) is 0 Å². The molecule has 526 valence electrons. The van der Waals surface area contributed by atoms with Gasteiger partial charge in [0.25, 0.3) is 5.91 Å². The van der Waals surface area contributed by atoms with Gasteiger partial charge < -0.3 is 59.0 Å².